The maximum Gasteiger partial charge on any atom is 0.417 e. The molecule has 2 atom stereocenters. The van der Waals surface area contributed by atoms with Crippen molar-refractivity contribution in [2.24, 2.45) is 17.8 Å². The van der Waals surface area contributed by atoms with Gasteiger partial charge in [0.25, 0.3) is 0 Å². The summed E-state index contributed by atoms with van der Waals surface area (Å²) < 4.78 is 59.0. The molecule has 2 aromatic carbocycles. The van der Waals surface area contributed by atoms with Crippen LogP contribution < -0.4 is 10.1 Å². The molecule has 228 valence electrons. The van der Waals surface area contributed by atoms with E-state index in [4.69, 9.17) is 14.0 Å². The lowest BCUT2D eigenvalue weighted by Gasteiger charge is -2.34. The van der Waals surface area contributed by atoms with Gasteiger partial charge in [-0.1, -0.05) is 23.4 Å². The molecule has 1 aromatic heterocycles. The molecule has 2 unspecified atom stereocenters. The summed E-state index contributed by atoms with van der Waals surface area (Å²) in [6.45, 7) is 2.19. The molecular formula is C32H33F3N2O6. The van der Waals surface area contributed by atoms with E-state index in [-0.39, 0.29) is 59.1 Å². The van der Waals surface area contributed by atoms with Gasteiger partial charge in [-0.05, 0) is 81.5 Å². The third-order valence-corrected chi connectivity index (χ3v) is 8.86. The molecule has 8 nitrogen and oxygen atoms in total. The molecule has 3 aliphatic carbocycles. The molecule has 3 saturated carbocycles. The number of hydrogen-bond donors (Lipinski definition) is 2. The van der Waals surface area contributed by atoms with Crippen LogP contribution in [0.15, 0.2) is 47.0 Å². The van der Waals surface area contributed by atoms with E-state index in [9.17, 15) is 27.9 Å². The Morgan fingerprint density at radius 1 is 1.07 bits per heavy atom. The van der Waals surface area contributed by atoms with Crippen LogP contribution in [0.4, 0.5) is 18.9 Å². The summed E-state index contributed by atoms with van der Waals surface area (Å²) in [7, 11) is 0. The van der Waals surface area contributed by atoms with Crippen molar-refractivity contribution in [1.29, 1.82) is 0 Å². The van der Waals surface area contributed by atoms with E-state index in [2.05, 4.69) is 10.5 Å². The second-order valence-electron chi connectivity index (χ2n) is 11.7. The SMILES string of the molecule is CCOc1cc(C(=O)O)ccc1NC(=O)C1C2CCC1CC(OCc1c(-c3ccccc3C(F)(F)F)noc1C1CC1)C2. The summed E-state index contributed by atoms with van der Waals surface area (Å²) >= 11 is 0. The molecule has 43 heavy (non-hydrogen) atoms. The average Bonchev–Trinajstić information content (AvgIpc) is 3.67. The molecule has 3 fully saturated rings. The van der Waals surface area contributed by atoms with Gasteiger partial charge in [-0.2, -0.15) is 13.2 Å². The highest BCUT2D eigenvalue weighted by Gasteiger charge is 2.47. The van der Waals surface area contributed by atoms with Crippen LogP contribution in [0.5, 0.6) is 5.75 Å². The first-order chi connectivity index (χ1) is 20.6. The minimum atomic E-state index is -4.53. The number of benzene rings is 2. The Morgan fingerprint density at radius 2 is 1.79 bits per heavy atom. The fourth-order valence-electron chi connectivity index (χ4n) is 6.76. The molecular weight excluding hydrogens is 565 g/mol. The summed E-state index contributed by atoms with van der Waals surface area (Å²) in [5, 5.41) is 16.4. The van der Waals surface area contributed by atoms with Gasteiger partial charge >= 0.3 is 12.1 Å². The summed E-state index contributed by atoms with van der Waals surface area (Å²) in [6, 6.07) is 9.77. The summed E-state index contributed by atoms with van der Waals surface area (Å²) in [5.41, 5.74) is 0.460. The van der Waals surface area contributed by atoms with Gasteiger partial charge in [0.05, 0.1) is 36.1 Å². The Morgan fingerprint density at radius 3 is 2.44 bits per heavy atom. The van der Waals surface area contributed by atoms with E-state index in [1.807, 2.05) is 0 Å². The number of aromatic nitrogens is 1. The lowest BCUT2D eigenvalue weighted by atomic mass is 9.76. The molecule has 11 heteroatoms. The van der Waals surface area contributed by atoms with Gasteiger partial charge in [-0.3, -0.25) is 4.79 Å². The van der Waals surface area contributed by atoms with Crippen LogP contribution in [0.1, 0.15) is 78.6 Å². The zero-order valence-electron chi connectivity index (χ0n) is 23.7. The van der Waals surface area contributed by atoms with Gasteiger partial charge in [0.1, 0.15) is 17.2 Å². The third-order valence-electron chi connectivity index (χ3n) is 8.86. The van der Waals surface area contributed by atoms with Crippen molar-refractivity contribution in [1.82, 2.24) is 5.16 Å². The molecule has 1 heterocycles. The highest BCUT2D eigenvalue weighted by molar-refractivity contribution is 5.96. The maximum absolute atomic E-state index is 13.8. The Bertz CT molecular complexity index is 1500. The van der Waals surface area contributed by atoms with Gasteiger partial charge in [-0.15, -0.1) is 0 Å². The fourth-order valence-corrected chi connectivity index (χ4v) is 6.76. The number of amides is 1. The lowest BCUT2D eigenvalue weighted by Crippen LogP contribution is -2.38. The van der Waals surface area contributed by atoms with E-state index < -0.39 is 17.7 Å². The molecule has 2 bridgehead atoms. The van der Waals surface area contributed by atoms with Crippen LogP contribution in [0.3, 0.4) is 0 Å². The number of hydrogen-bond acceptors (Lipinski definition) is 6. The van der Waals surface area contributed by atoms with E-state index in [0.29, 0.717) is 42.2 Å². The predicted octanol–water partition coefficient (Wildman–Crippen LogP) is 7.29. The molecule has 0 aliphatic heterocycles. The molecule has 6 rings (SSSR count). The first-order valence-electron chi connectivity index (χ1n) is 14.7. The first kappa shape index (κ1) is 29.2. The number of carboxylic acid groups (broad SMARTS) is 1. The Kier molecular flexibility index (Phi) is 7.93. The second-order valence-corrected chi connectivity index (χ2v) is 11.7. The number of carbonyl (C=O) groups is 2. The van der Waals surface area contributed by atoms with Crippen molar-refractivity contribution >= 4 is 17.6 Å². The van der Waals surface area contributed by atoms with Gasteiger partial charge < -0.3 is 24.4 Å². The molecule has 0 spiro atoms. The fraction of sp³-hybridized carbons (Fsp3) is 0.469. The van der Waals surface area contributed by atoms with Gasteiger partial charge in [0.2, 0.25) is 5.91 Å². The van der Waals surface area contributed by atoms with Crippen molar-refractivity contribution in [3.05, 3.63) is 64.9 Å². The largest absolute Gasteiger partial charge is 0.492 e. The number of alkyl halides is 3. The first-order valence-corrected chi connectivity index (χ1v) is 14.7. The van der Waals surface area contributed by atoms with Crippen LogP contribution in [0.2, 0.25) is 0 Å². The lowest BCUT2D eigenvalue weighted by molar-refractivity contribution is -0.137. The zero-order valence-corrected chi connectivity index (χ0v) is 23.7. The third kappa shape index (κ3) is 6.00. The maximum atomic E-state index is 13.8. The van der Waals surface area contributed by atoms with E-state index in [1.54, 1.807) is 19.1 Å². The van der Waals surface area contributed by atoms with Crippen LogP contribution >= 0.6 is 0 Å². The number of nitrogens with zero attached hydrogens (tertiary/aromatic N) is 1. The average molecular weight is 599 g/mol. The number of nitrogens with one attached hydrogen (secondary N) is 1. The number of carbonyl (C=O) groups excluding carboxylic acids is 1. The van der Waals surface area contributed by atoms with E-state index in [0.717, 1.165) is 31.7 Å². The second kappa shape index (κ2) is 11.7. The number of ether oxygens (including phenoxy) is 2. The zero-order chi connectivity index (χ0) is 30.3. The van der Waals surface area contributed by atoms with Crippen molar-refractivity contribution in [3.8, 4) is 17.0 Å². The van der Waals surface area contributed by atoms with E-state index >= 15 is 0 Å². The Balaban J connectivity index is 1.15. The van der Waals surface area contributed by atoms with Crippen LogP contribution in [-0.4, -0.2) is 34.9 Å². The molecule has 3 aliphatic rings. The van der Waals surface area contributed by atoms with Gasteiger partial charge in [0, 0.05) is 23.0 Å². The molecule has 1 amide bonds. The monoisotopic (exact) mass is 598 g/mol. The predicted molar refractivity (Wildman–Crippen MR) is 150 cm³/mol. The minimum Gasteiger partial charge on any atom is -0.492 e. The smallest absolute Gasteiger partial charge is 0.417 e. The molecule has 0 saturated heterocycles. The normalized spacial score (nSPS) is 23.3. The highest BCUT2D eigenvalue weighted by Crippen LogP contribution is 2.50. The topological polar surface area (TPSA) is 111 Å². The standard InChI is InChI=1S/C32H33F3N2O6/c1-2-41-26-15-20(31(39)40)11-12-25(26)36-30(38)27-18-9-10-19(27)14-21(13-18)42-16-23-28(37-43-29(23)17-7-8-17)22-5-3-4-6-24(22)32(33,34)35/h3-6,11-12,15,17-19,21,27H,2,7-10,13-14,16H2,1H3,(H,36,38)(H,39,40). The number of anilines is 1. The van der Waals surface area contributed by atoms with Crippen LogP contribution in [0.25, 0.3) is 11.3 Å². The Labute approximate surface area is 246 Å². The van der Waals surface area contributed by atoms with Crippen molar-refractivity contribution in [2.75, 3.05) is 11.9 Å². The molecule has 0 radical (unpaired) electrons. The van der Waals surface area contributed by atoms with Crippen LogP contribution in [-0.2, 0) is 22.3 Å². The molecule has 2 N–H and O–H groups in total. The number of aromatic carboxylic acids is 1. The highest BCUT2D eigenvalue weighted by atomic mass is 19.4. The Hall–Kier alpha value is -3.86. The number of halogens is 3. The summed E-state index contributed by atoms with van der Waals surface area (Å²) in [4.78, 5) is 24.8. The summed E-state index contributed by atoms with van der Waals surface area (Å²) in [5.74, 6) is -0.203. The van der Waals surface area contributed by atoms with Crippen LogP contribution in [0, 0.1) is 17.8 Å². The van der Waals surface area contributed by atoms with E-state index in [1.165, 1.54) is 24.3 Å². The van der Waals surface area contributed by atoms with Gasteiger partial charge in [-0.25, -0.2) is 4.79 Å². The summed E-state index contributed by atoms with van der Waals surface area (Å²) in [6.07, 6.45) is 0.185. The molecule has 3 aromatic rings. The van der Waals surface area contributed by atoms with Crippen molar-refractivity contribution in [3.63, 3.8) is 0 Å². The quantitative estimate of drug-likeness (QED) is 0.252. The minimum absolute atomic E-state index is 0.0208. The number of rotatable bonds is 10. The number of carboxylic acids is 1. The van der Waals surface area contributed by atoms with Crippen molar-refractivity contribution < 1.29 is 41.9 Å². The van der Waals surface area contributed by atoms with Crippen molar-refractivity contribution in [2.45, 2.75) is 70.3 Å². The number of fused-ring (bicyclic) bond motifs is 2. The van der Waals surface area contributed by atoms with Gasteiger partial charge in [0.15, 0.2) is 0 Å².